The molecule has 0 aliphatic rings. The molecule has 1 atom stereocenters. The number of nitrogens with two attached hydrogens (primary N) is 1. The number of benzene rings is 1. The van der Waals surface area contributed by atoms with E-state index >= 15 is 0 Å². The van der Waals surface area contributed by atoms with Crippen molar-refractivity contribution in [1.29, 1.82) is 0 Å². The Morgan fingerprint density at radius 1 is 1.20 bits per heavy atom. The van der Waals surface area contributed by atoms with Crippen LogP contribution in [0.15, 0.2) is 30.5 Å². The van der Waals surface area contributed by atoms with Gasteiger partial charge in [-0.2, -0.15) is 0 Å². The second-order valence-corrected chi connectivity index (χ2v) is 5.34. The van der Waals surface area contributed by atoms with Crippen LogP contribution in [-0.2, 0) is 17.7 Å². The maximum atomic E-state index is 6.09. The quantitative estimate of drug-likeness (QED) is 0.750. The first kappa shape index (κ1) is 15.1. The molecule has 3 heteroatoms. The van der Waals surface area contributed by atoms with Crippen LogP contribution in [0.25, 0.3) is 10.9 Å². The summed E-state index contributed by atoms with van der Waals surface area (Å²) < 4.78 is 7.85. The molecule has 0 spiro atoms. The van der Waals surface area contributed by atoms with Crippen LogP contribution in [0.1, 0.15) is 32.3 Å². The van der Waals surface area contributed by atoms with E-state index in [0.717, 1.165) is 39.0 Å². The van der Waals surface area contributed by atoms with Gasteiger partial charge in [0.2, 0.25) is 0 Å². The van der Waals surface area contributed by atoms with Gasteiger partial charge in [0, 0.05) is 36.3 Å². The van der Waals surface area contributed by atoms with E-state index < -0.39 is 0 Å². The van der Waals surface area contributed by atoms with Gasteiger partial charge in [0.05, 0.1) is 6.61 Å². The highest BCUT2D eigenvalue weighted by atomic mass is 16.5. The first-order valence-electron chi connectivity index (χ1n) is 7.66. The monoisotopic (exact) mass is 274 g/mol. The fourth-order valence-corrected chi connectivity index (χ4v) is 2.50. The number of nitrogens with zero attached hydrogens (tertiary/aromatic N) is 1. The van der Waals surface area contributed by atoms with Crippen LogP contribution in [0.4, 0.5) is 0 Å². The molecule has 0 saturated heterocycles. The van der Waals surface area contributed by atoms with Gasteiger partial charge in [0.1, 0.15) is 0 Å². The van der Waals surface area contributed by atoms with E-state index in [1.807, 2.05) is 0 Å². The maximum absolute atomic E-state index is 6.09. The van der Waals surface area contributed by atoms with Gasteiger partial charge in [-0.05, 0) is 37.0 Å². The predicted molar refractivity (Wildman–Crippen MR) is 85.0 cm³/mol. The van der Waals surface area contributed by atoms with Crippen LogP contribution in [0.2, 0.25) is 0 Å². The maximum Gasteiger partial charge on any atom is 0.0645 e. The summed E-state index contributed by atoms with van der Waals surface area (Å²) in [5.41, 5.74) is 8.72. The molecule has 110 valence electrons. The summed E-state index contributed by atoms with van der Waals surface area (Å²) in [6.45, 7) is 6.80. The fourth-order valence-electron chi connectivity index (χ4n) is 2.50. The van der Waals surface area contributed by atoms with Crippen LogP contribution in [0.3, 0.4) is 0 Å². The number of ether oxygens (including phenoxy) is 1. The predicted octanol–water partition coefficient (Wildman–Crippen LogP) is 3.35. The van der Waals surface area contributed by atoms with Gasteiger partial charge >= 0.3 is 0 Å². The molecule has 3 nitrogen and oxygen atoms in total. The summed E-state index contributed by atoms with van der Waals surface area (Å²) in [5, 5.41) is 1.33. The van der Waals surface area contributed by atoms with Crippen molar-refractivity contribution < 1.29 is 4.74 Å². The molecule has 0 saturated carbocycles. The summed E-state index contributed by atoms with van der Waals surface area (Å²) in [7, 11) is 0. The lowest BCUT2D eigenvalue weighted by Crippen LogP contribution is -2.21. The van der Waals surface area contributed by atoms with Crippen molar-refractivity contribution in [3.63, 3.8) is 0 Å². The van der Waals surface area contributed by atoms with Gasteiger partial charge in [-0.1, -0.05) is 26.0 Å². The lowest BCUT2D eigenvalue weighted by atomic mass is 10.0. The average Bonchev–Trinajstić information content (AvgIpc) is 2.88. The molecule has 1 unspecified atom stereocenters. The van der Waals surface area contributed by atoms with E-state index in [1.165, 1.54) is 16.5 Å². The van der Waals surface area contributed by atoms with E-state index in [0.29, 0.717) is 0 Å². The lowest BCUT2D eigenvalue weighted by molar-refractivity contribution is 0.127. The molecule has 1 heterocycles. The van der Waals surface area contributed by atoms with Crippen LogP contribution in [0.5, 0.6) is 0 Å². The first-order valence-corrected chi connectivity index (χ1v) is 7.66. The van der Waals surface area contributed by atoms with Crippen LogP contribution >= 0.6 is 0 Å². The molecule has 0 bridgehead atoms. The Morgan fingerprint density at radius 2 is 2.05 bits per heavy atom. The van der Waals surface area contributed by atoms with Gasteiger partial charge in [-0.15, -0.1) is 0 Å². The van der Waals surface area contributed by atoms with Crippen molar-refractivity contribution in [2.45, 2.75) is 45.7 Å². The number of hydrogen-bond acceptors (Lipinski definition) is 2. The third-order valence-corrected chi connectivity index (χ3v) is 3.74. The second-order valence-electron chi connectivity index (χ2n) is 5.34. The lowest BCUT2D eigenvalue weighted by Gasteiger charge is -2.11. The normalized spacial score (nSPS) is 12.9. The van der Waals surface area contributed by atoms with E-state index in [4.69, 9.17) is 10.5 Å². The van der Waals surface area contributed by atoms with Gasteiger partial charge in [-0.3, -0.25) is 0 Å². The van der Waals surface area contributed by atoms with Gasteiger partial charge in [0.25, 0.3) is 0 Å². The molecule has 0 aliphatic heterocycles. The number of rotatable bonds is 8. The zero-order valence-corrected chi connectivity index (χ0v) is 12.6. The Morgan fingerprint density at radius 3 is 2.80 bits per heavy atom. The highest BCUT2D eigenvalue weighted by Gasteiger charge is 2.08. The third-order valence-electron chi connectivity index (χ3n) is 3.74. The molecule has 2 aromatic rings. The summed E-state index contributed by atoms with van der Waals surface area (Å²) >= 11 is 0. The molecule has 0 amide bonds. The SMILES string of the molecule is CCCOCCn1ccc2c(CC(N)CC)cccc21. The van der Waals surface area contributed by atoms with Crippen molar-refractivity contribution in [2.75, 3.05) is 13.2 Å². The van der Waals surface area contributed by atoms with Gasteiger partial charge in [0.15, 0.2) is 0 Å². The van der Waals surface area contributed by atoms with Crippen molar-refractivity contribution in [2.24, 2.45) is 5.73 Å². The van der Waals surface area contributed by atoms with Crippen LogP contribution in [-0.4, -0.2) is 23.8 Å². The first-order chi connectivity index (χ1) is 9.76. The highest BCUT2D eigenvalue weighted by Crippen LogP contribution is 2.21. The third kappa shape index (κ3) is 3.62. The Bertz CT molecular complexity index is 533. The van der Waals surface area contributed by atoms with Crippen molar-refractivity contribution in [1.82, 2.24) is 4.57 Å². The molecule has 2 N–H and O–H groups in total. The molecule has 1 aromatic carbocycles. The summed E-state index contributed by atoms with van der Waals surface area (Å²) in [6.07, 6.45) is 5.19. The summed E-state index contributed by atoms with van der Waals surface area (Å²) in [4.78, 5) is 0. The number of hydrogen-bond donors (Lipinski definition) is 1. The minimum absolute atomic E-state index is 0.247. The molecule has 0 fully saturated rings. The van der Waals surface area contributed by atoms with Crippen LogP contribution < -0.4 is 5.73 Å². The minimum atomic E-state index is 0.247. The Labute approximate surface area is 121 Å². The van der Waals surface area contributed by atoms with Crippen LogP contribution in [0, 0.1) is 0 Å². The van der Waals surface area contributed by atoms with Gasteiger partial charge < -0.3 is 15.0 Å². The molecular weight excluding hydrogens is 248 g/mol. The largest absolute Gasteiger partial charge is 0.380 e. The van der Waals surface area contributed by atoms with Crippen molar-refractivity contribution in [3.8, 4) is 0 Å². The second kappa shape index (κ2) is 7.46. The van der Waals surface area contributed by atoms with E-state index in [9.17, 15) is 0 Å². The Hall–Kier alpha value is -1.32. The molecule has 0 aliphatic carbocycles. The minimum Gasteiger partial charge on any atom is -0.380 e. The zero-order valence-electron chi connectivity index (χ0n) is 12.6. The summed E-state index contributed by atoms with van der Waals surface area (Å²) in [5.74, 6) is 0. The van der Waals surface area contributed by atoms with E-state index in [2.05, 4.69) is 48.9 Å². The number of aromatic nitrogens is 1. The Kier molecular flexibility index (Phi) is 5.62. The Balaban J connectivity index is 2.12. The summed E-state index contributed by atoms with van der Waals surface area (Å²) in [6, 6.07) is 8.94. The van der Waals surface area contributed by atoms with Crippen molar-refractivity contribution >= 4 is 10.9 Å². The molecule has 20 heavy (non-hydrogen) atoms. The molecule has 0 radical (unpaired) electrons. The highest BCUT2D eigenvalue weighted by molar-refractivity contribution is 5.83. The molecule has 2 rings (SSSR count). The van der Waals surface area contributed by atoms with Crippen molar-refractivity contribution in [3.05, 3.63) is 36.0 Å². The standard InChI is InChI=1S/C17H26N2O/c1-3-11-20-12-10-19-9-8-16-14(13-15(18)4-2)6-5-7-17(16)19/h5-9,15H,3-4,10-13,18H2,1-2H3. The van der Waals surface area contributed by atoms with E-state index in [1.54, 1.807) is 0 Å². The zero-order chi connectivity index (χ0) is 14.4. The van der Waals surface area contributed by atoms with Gasteiger partial charge in [-0.25, -0.2) is 0 Å². The fraction of sp³-hybridized carbons (Fsp3) is 0.529. The number of fused-ring (bicyclic) bond motifs is 1. The smallest absolute Gasteiger partial charge is 0.0645 e. The molecular formula is C17H26N2O. The van der Waals surface area contributed by atoms with E-state index in [-0.39, 0.29) is 6.04 Å². The molecule has 1 aromatic heterocycles. The average molecular weight is 274 g/mol. The topological polar surface area (TPSA) is 40.2 Å².